The van der Waals surface area contributed by atoms with Crippen LogP contribution in [-0.2, 0) is 21.0 Å². The van der Waals surface area contributed by atoms with E-state index < -0.39 is 39.9 Å². The van der Waals surface area contributed by atoms with Crippen LogP contribution in [0.15, 0.2) is 71.6 Å². The molecule has 35 heavy (non-hydrogen) atoms. The van der Waals surface area contributed by atoms with Crippen molar-refractivity contribution in [3.05, 3.63) is 82.3 Å². The summed E-state index contributed by atoms with van der Waals surface area (Å²) < 4.78 is 68.4. The first-order valence-electron chi connectivity index (χ1n) is 10.1. The van der Waals surface area contributed by atoms with Crippen molar-refractivity contribution in [3.8, 4) is 0 Å². The SMILES string of the molecule is Cc1nc2cc(NC(=O)CN(c3cc(C(F)(F)F)ccc3Cl)S(=O)(=O)c3ccccc3)ccc2s1. The fourth-order valence-electron chi connectivity index (χ4n) is 3.35. The third kappa shape index (κ3) is 5.42. The number of rotatable bonds is 6. The van der Waals surface area contributed by atoms with Gasteiger partial charge in [0.15, 0.2) is 0 Å². The molecule has 0 aliphatic heterocycles. The summed E-state index contributed by atoms with van der Waals surface area (Å²) in [5.41, 5.74) is -0.555. The predicted octanol–water partition coefficient (Wildman–Crippen LogP) is 6.11. The van der Waals surface area contributed by atoms with Gasteiger partial charge < -0.3 is 5.32 Å². The van der Waals surface area contributed by atoms with E-state index in [1.165, 1.54) is 35.6 Å². The van der Waals surface area contributed by atoms with Gasteiger partial charge in [0.1, 0.15) is 6.54 Å². The smallest absolute Gasteiger partial charge is 0.324 e. The fraction of sp³-hybridized carbons (Fsp3) is 0.130. The molecule has 0 aliphatic carbocycles. The number of carbonyl (C=O) groups is 1. The maximum absolute atomic E-state index is 13.4. The fourth-order valence-corrected chi connectivity index (χ4v) is 5.88. The summed E-state index contributed by atoms with van der Waals surface area (Å²) in [6.07, 6.45) is -4.75. The number of benzene rings is 3. The number of anilines is 2. The second-order valence-electron chi connectivity index (χ2n) is 7.45. The first-order valence-corrected chi connectivity index (χ1v) is 12.7. The number of halogens is 4. The van der Waals surface area contributed by atoms with E-state index >= 15 is 0 Å². The van der Waals surface area contributed by atoms with Gasteiger partial charge in [0.05, 0.1) is 36.4 Å². The van der Waals surface area contributed by atoms with Crippen LogP contribution >= 0.6 is 22.9 Å². The van der Waals surface area contributed by atoms with Crippen LogP contribution in [0, 0.1) is 6.92 Å². The molecule has 0 spiro atoms. The molecular formula is C23H17ClF3N3O3S2. The lowest BCUT2D eigenvalue weighted by molar-refractivity contribution is -0.137. The van der Waals surface area contributed by atoms with Gasteiger partial charge in [0.2, 0.25) is 5.91 Å². The lowest BCUT2D eigenvalue weighted by atomic mass is 10.2. The molecule has 3 aromatic carbocycles. The zero-order chi connectivity index (χ0) is 25.4. The molecule has 0 aliphatic rings. The van der Waals surface area contributed by atoms with Gasteiger partial charge in [-0.1, -0.05) is 29.8 Å². The van der Waals surface area contributed by atoms with Gasteiger partial charge in [-0.25, -0.2) is 13.4 Å². The van der Waals surface area contributed by atoms with Gasteiger partial charge in [-0.05, 0) is 55.5 Å². The number of fused-ring (bicyclic) bond motifs is 1. The van der Waals surface area contributed by atoms with Crippen LogP contribution in [0.4, 0.5) is 24.5 Å². The van der Waals surface area contributed by atoms with E-state index in [0.29, 0.717) is 21.6 Å². The number of alkyl halides is 3. The summed E-state index contributed by atoms with van der Waals surface area (Å²) in [5.74, 6) is -0.774. The van der Waals surface area contributed by atoms with Crippen LogP contribution in [0.1, 0.15) is 10.6 Å². The number of aromatic nitrogens is 1. The second kappa shape index (κ2) is 9.48. The lowest BCUT2D eigenvalue weighted by Crippen LogP contribution is -2.38. The molecule has 1 N–H and O–H groups in total. The topological polar surface area (TPSA) is 79.4 Å². The van der Waals surface area contributed by atoms with Crippen LogP contribution in [0.3, 0.4) is 0 Å². The van der Waals surface area contributed by atoms with Crippen molar-refractivity contribution in [1.29, 1.82) is 0 Å². The van der Waals surface area contributed by atoms with E-state index in [-0.39, 0.29) is 9.92 Å². The Labute approximate surface area is 208 Å². The molecule has 12 heteroatoms. The number of amides is 1. The van der Waals surface area contributed by atoms with Crippen molar-refractivity contribution >= 4 is 60.5 Å². The summed E-state index contributed by atoms with van der Waals surface area (Å²) in [4.78, 5) is 17.1. The molecule has 0 radical (unpaired) electrons. The Hall–Kier alpha value is -3.15. The molecule has 1 amide bonds. The van der Waals surface area contributed by atoms with Gasteiger partial charge in [0.25, 0.3) is 10.0 Å². The zero-order valence-corrected chi connectivity index (χ0v) is 20.4. The molecular weight excluding hydrogens is 523 g/mol. The van der Waals surface area contributed by atoms with E-state index in [2.05, 4.69) is 10.3 Å². The van der Waals surface area contributed by atoms with Gasteiger partial charge in [-0.2, -0.15) is 13.2 Å². The minimum absolute atomic E-state index is 0.208. The number of carbonyl (C=O) groups excluding carboxylic acids is 1. The largest absolute Gasteiger partial charge is 0.416 e. The predicted molar refractivity (Wildman–Crippen MR) is 130 cm³/mol. The molecule has 0 atom stereocenters. The molecule has 1 aromatic heterocycles. The van der Waals surface area contributed by atoms with Crippen LogP contribution in [-0.4, -0.2) is 25.9 Å². The molecule has 1 heterocycles. The van der Waals surface area contributed by atoms with Crippen LogP contribution in [0.2, 0.25) is 5.02 Å². The summed E-state index contributed by atoms with van der Waals surface area (Å²) in [6, 6.07) is 14.4. The highest BCUT2D eigenvalue weighted by Gasteiger charge is 2.34. The van der Waals surface area contributed by atoms with E-state index in [0.717, 1.165) is 21.8 Å². The minimum atomic E-state index is -4.75. The van der Waals surface area contributed by atoms with Crippen LogP contribution < -0.4 is 9.62 Å². The molecule has 0 saturated heterocycles. The molecule has 0 unspecified atom stereocenters. The highest BCUT2D eigenvalue weighted by molar-refractivity contribution is 7.92. The quantitative estimate of drug-likeness (QED) is 0.320. The molecule has 0 fully saturated rings. The third-order valence-corrected chi connectivity index (χ3v) is 7.98. The molecule has 4 aromatic rings. The average molecular weight is 540 g/mol. The summed E-state index contributed by atoms with van der Waals surface area (Å²) in [5, 5.41) is 3.16. The number of nitrogens with zero attached hydrogens (tertiary/aromatic N) is 2. The first-order chi connectivity index (χ1) is 16.4. The minimum Gasteiger partial charge on any atom is -0.324 e. The van der Waals surface area contributed by atoms with Crippen molar-refractivity contribution in [2.24, 2.45) is 0 Å². The Kier molecular flexibility index (Phi) is 6.76. The normalized spacial score (nSPS) is 12.0. The number of sulfonamides is 1. The number of hydrogen-bond acceptors (Lipinski definition) is 5. The Bertz CT molecular complexity index is 1510. The Balaban J connectivity index is 1.72. The van der Waals surface area contributed by atoms with Crippen molar-refractivity contribution in [2.75, 3.05) is 16.2 Å². The number of hydrogen-bond donors (Lipinski definition) is 1. The third-order valence-electron chi connectivity index (χ3n) is 4.94. The lowest BCUT2D eigenvalue weighted by Gasteiger charge is -2.25. The monoisotopic (exact) mass is 539 g/mol. The van der Waals surface area contributed by atoms with Crippen molar-refractivity contribution in [1.82, 2.24) is 4.98 Å². The van der Waals surface area contributed by atoms with Crippen molar-refractivity contribution in [2.45, 2.75) is 18.0 Å². The van der Waals surface area contributed by atoms with Crippen LogP contribution in [0.25, 0.3) is 10.2 Å². The van der Waals surface area contributed by atoms with E-state index in [1.807, 2.05) is 6.92 Å². The maximum Gasteiger partial charge on any atom is 0.416 e. The average Bonchev–Trinajstić information content (AvgIpc) is 3.17. The van der Waals surface area contributed by atoms with Crippen molar-refractivity contribution in [3.63, 3.8) is 0 Å². The molecule has 0 saturated carbocycles. The van der Waals surface area contributed by atoms with E-state index in [9.17, 15) is 26.4 Å². The second-order valence-corrected chi connectivity index (χ2v) is 11.0. The highest BCUT2D eigenvalue weighted by atomic mass is 35.5. The molecule has 182 valence electrons. The Morgan fingerprint density at radius 2 is 1.80 bits per heavy atom. The molecule has 6 nitrogen and oxygen atoms in total. The summed E-state index contributed by atoms with van der Waals surface area (Å²) in [6.45, 7) is 1.03. The number of thiazole rings is 1. The first kappa shape index (κ1) is 25.0. The number of nitrogens with one attached hydrogen (secondary N) is 1. The van der Waals surface area contributed by atoms with Crippen LogP contribution in [0.5, 0.6) is 0 Å². The van der Waals surface area contributed by atoms with Gasteiger partial charge in [0, 0.05) is 5.69 Å². The number of aryl methyl sites for hydroxylation is 1. The zero-order valence-electron chi connectivity index (χ0n) is 18.0. The Morgan fingerprint density at radius 1 is 1.09 bits per heavy atom. The van der Waals surface area contributed by atoms with Gasteiger partial charge in [-0.15, -0.1) is 11.3 Å². The highest BCUT2D eigenvalue weighted by Crippen LogP contribution is 2.37. The van der Waals surface area contributed by atoms with E-state index in [4.69, 9.17) is 11.6 Å². The summed E-state index contributed by atoms with van der Waals surface area (Å²) >= 11 is 7.61. The molecule has 4 rings (SSSR count). The van der Waals surface area contributed by atoms with Gasteiger partial charge in [-0.3, -0.25) is 9.10 Å². The van der Waals surface area contributed by atoms with Crippen molar-refractivity contribution < 1.29 is 26.4 Å². The summed E-state index contributed by atoms with van der Waals surface area (Å²) in [7, 11) is -4.45. The van der Waals surface area contributed by atoms with Gasteiger partial charge >= 0.3 is 6.18 Å². The van der Waals surface area contributed by atoms with E-state index in [1.54, 1.807) is 24.3 Å². The Morgan fingerprint density at radius 3 is 2.49 bits per heavy atom. The maximum atomic E-state index is 13.4. The standard InChI is InChI=1S/C23H17ClF3N3O3S2/c1-14-28-19-12-16(8-10-21(19)34-14)29-22(31)13-30(35(32,33)17-5-3-2-4-6-17)20-11-15(23(25,26)27)7-9-18(20)24/h2-12H,13H2,1H3,(H,29,31). The molecule has 0 bridgehead atoms.